The molecule has 0 atom stereocenters. The molecule has 3 aromatic carbocycles. The molecule has 0 amide bonds. The van der Waals surface area contributed by atoms with Crippen LogP contribution in [0.5, 0.6) is 5.75 Å². The molecule has 3 rings (SSSR count). The molecule has 0 unspecified atom stereocenters. The molecule has 0 aliphatic heterocycles. The molecule has 0 saturated heterocycles. The van der Waals surface area contributed by atoms with Crippen molar-refractivity contribution in [3.8, 4) is 16.9 Å². The first-order chi connectivity index (χ1) is 17.0. The number of hydrogen-bond acceptors (Lipinski definition) is 7. The minimum atomic E-state index is -0.329. The number of carbonyl (C=O) groups excluding carboxylic acids is 2. The summed E-state index contributed by atoms with van der Waals surface area (Å²) in [6.07, 6.45) is 0.345. The van der Waals surface area contributed by atoms with E-state index >= 15 is 0 Å². The van der Waals surface area contributed by atoms with E-state index < -0.39 is 0 Å². The smallest absolute Gasteiger partial charge is 0.310 e. The summed E-state index contributed by atoms with van der Waals surface area (Å²) in [5.74, 6) is 0.0312. The van der Waals surface area contributed by atoms with Gasteiger partial charge in [0.05, 0.1) is 26.6 Å². The van der Waals surface area contributed by atoms with Crippen molar-refractivity contribution in [1.82, 2.24) is 5.32 Å². The summed E-state index contributed by atoms with van der Waals surface area (Å²) in [5.41, 5.74) is 11.2. The molecule has 184 valence electrons. The number of nitrogens with two attached hydrogens (primary N) is 1. The van der Waals surface area contributed by atoms with Gasteiger partial charge < -0.3 is 25.3 Å². The van der Waals surface area contributed by atoms with Crippen molar-refractivity contribution >= 4 is 17.6 Å². The molecule has 35 heavy (non-hydrogen) atoms. The molecule has 0 aliphatic rings. The Morgan fingerprint density at radius 2 is 1.63 bits per heavy atom. The molecule has 0 aromatic heterocycles. The maximum atomic E-state index is 12.1. The third-order valence-electron chi connectivity index (χ3n) is 5.51. The first kappa shape index (κ1) is 25.8. The Balaban J connectivity index is 1.66. The lowest BCUT2D eigenvalue weighted by Gasteiger charge is -2.18. The number of anilines is 1. The minimum Gasteiger partial charge on any atom is -0.496 e. The van der Waals surface area contributed by atoms with Gasteiger partial charge in [0.1, 0.15) is 12.4 Å². The van der Waals surface area contributed by atoms with Crippen LogP contribution in [0.1, 0.15) is 30.0 Å². The summed E-state index contributed by atoms with van der Waals surface area (Å²) in [4.78, 5) is 24.1. The van der Waals surface area contributed by atoms with Gasteiger partial charge in [0.25, 0.3) is 0 Å². The van der Waals surface area contributed by atoms with E-state index in [2.05, 4.69) is 5.32 Å². The predicted octanol–water partition coefficient (Wildman–Crippen LogP) is 4.27. The number of esters is 2. The Bertz CT molecular complexity index is 1130. The number of nitrogen functional groups attached to an aromatic ring is 1. The van der Waals surface area contributed by atoms with Crippen molar-refractivity contribution in [2.75, 3.05) is 26.0 Å². The monoisotopic (exact) mass is 476 g/mol. The molecule has 0 spiro atoms. The zero-order chi connectivity index (χ0) is 25.0. The fourth-order valence-electron chi connectivity index (χ4n) is 3.75. The highest BCUT2D eigenvalue weighted by Crippen LogP contribution is 2.39. The standard InChI is InChI=1S/C28H32N2O5/c1-3-34-26(32)17-21-13-14-24(33-2)27(28(21)29)23-12-8-7-11-22(23)18-30-16-15-25(31)35-19-20-9-5-4-6-10-20/h4-14,30H,3,15-19,29H2,1-2H3. The van der Waals surface area contributed by atoms with Gasteiger partial charge in [-0.05, 0) is 35.2 Å². The maximum absolute atomic E-state index is 12.1. The van der Waals surface area contributed by atoms with Crippen LogP contribution < -0.4 is 15.8 Å². The molecule has 3 aromatic rings. The third-order valence-corrected chi connectivity index (χ3v) is 5.51. The van der Waals surface area contributed by atoms with Crippen LogP contribution in [0.15, 0.2) is 66.7 Å². The van der Waals surface area contributed by atoms with Crippen molar-refractivity contribution in [2.24, 2.45) is 0 Å². The van der Waals surface area contributed by atoms with Crippen molar-refractivity contribution in [3.05, 3.63) is 83.4 Å². The molecule has 7 nitrogen and oxygen atoms in total. The number of rotatable bonds is 12. The first-order valence-corrected chi connectivity index (χ1v) is 11.6. The van der Waals surface area contributed by atoms with Gasteiger partial charge in [-0.1, -0.05) is 60.7 Å². The van der Waals surface area contributed by atoms with E-state index in [1.54, 1.807) is 20.1 Å². The number of ether oxygens (including phenoxy) is 3. The van der Waals surface area contributed by atoms with Gasteiger partial charge >= 0.3 is 11.9 Å². The second-order valence-electron chi connectivity index (χ2n) is 7.93. The summed E-state index contributed by atoms with van der Waals surface area (Å²) < 4.78 is 16.0. The Kier molecular flexibility index (Phi) is 9.69. The van der Waals surface area contributed by atoms with Gasteiger partial charge in [-0.15, -0.1) is 0 Å². The molecule has 0 radical (unpaired) electrons. The van der Waals surface area contributed by atoms with E-state index in [1.165, 1.54) is 0 Å². The van der Waals surface area contributed by atoms with E-state index in [0.29, 0.717) is 36.7 Å². The Labute approximate surface area is 206 Å². The van der Waals surface area contributed by atoms with Crippen LogP contribution in [-0.2, 0) is 38.6 Å². The molecule has 0 fully saturated rings. The quantitative estimate of drug-likeness (QED) is 0.229. The Morgan fingerprint density at radius 3 is 2.37 bits per heavy atom. The average Bonchev–Trinajstić information content (AvgIpc) is 2.87. The predicted molar refractivity (Wildman–Crippen MR) is 136 cm³/mol. The summed E-state index contributed by atoms with van der Waals surface area (Å²) in [6, 6.07) is 21.0. The minimum absolute atomic E-state index is 0.0855. The number of hydrogen-bond donors (Lipinski definition) is 2. The normalized spacial score (nSPS) is 10.6. The lowest BCUT2D eigenvalue weighted by molar-refractivity contribution is -0.145. The van der Waals surface area contributed by atoms with Crippen molar-refractivity contribution in [2.45, 2.75) is 32.9 Å². The summed E-state index contributed by atoms with van der Waals surface area (Å²) in [7, 11) is 1.59. The largest absolute Gasteiger partial charge is 0.496 e. The second kappa shape index (κ2) is 13.2. The summed E-state index contributed by atoms with van der Waals surface area (Å²) in [5, 5.41) is 3.30. The second-order valence-corrected chi connectivity index (χ2v) is 7.93. The molecule has 3 N–H and O–H groups in total. The molecule has 7 heteroatoms. The van der Waals surface area contributed by atoms with Crippen LogP contribution in [0.4, 0.5) is 5.69 Å². The van der Waals surface area contributed by atoms with E-state index in [-0.39, 0.29) is 31.4 Å². The van der Waals surface area contributed by atoms with Crippen LogP contribution in [0.25, 0.3) is 11.1 Å². The van der Waals surface area contributed by atoms with Gasteiger partial charge in [-0.25, -0.2) is 0 Å². The molecule has 0 saturated carbocycles. The zero-order valence-electron chi connectivity index (χ0n) is 20.2. The molecule has 0 bridgehead atoms. The zero-order valence-corrected chi connectivity index (χ0v) is 20.2. The fraction of sp³-hybridized carbons (Fsp3) is 0.286. The molecular weight excluding hydrogens is 444 g/mol. The third kappa shape index (κ3) is 7.32. The van der Waals surface area contributed by atoms with Crippen LogP contribution >= 0.6 is 0 Å². The van der Waals surface area contributed by atoms with E-state index in [0.717, 1.165) is 22.3 Å². The lowest BCUT2D eigenvalue weighted by atomic mass is 9.94. The number of carbonyl (C=O) groups is 2. The van der Waals surface area contributed by atoms with Gasteiger partial charge in [0.2, 0.25) is 0 Å². The Morgan fingerprint density at radius 1 is 0.886 bits per heavy atom. The number of benzene rings is 3. The van der Waals surface area contributed by atoms with Crippen LogP contribution in [0, 0.1) is 0 Å². The van der Waals surface area contributed by atoms with Crippen molar-refractivity contribution in [3.63, 3.8) is 0 Å². The fourth-order valence-corrected chi connectivity index (χ4v) is 3.75. The number of nitrogens with one attached hydrogen (secondary N) is 1. The van der Waals surface area contributed by atoms with Gasteiger partial charge in [0.15, 0.2) is 0 Å². The van der Waals surface area contributed by atoms with Gasteiger partial charge in [-0.2, -0.15) is 0 Å². The highest BCUT2D eigenvalue weighted by Gasteiger charge is 2.18. The maximum Gasteiger partial charge on any atom is 0.310 e. The molecular formula is C28H32N2O5. The molecule has 0 aliphatic carbocycles. The van der Waals surface area contributed by atoms with Gasteiger partial charge in [0, 0.05) is 24.3 Å². The van der Waals surface area contributed by atoms with Crippen LogP contribution in [0.2, 0.25) is 0 Å². The highest BCUT2D eigenvalue weighted by molar-refractivity contribution is 5.88. The van der Waals surface area contributed by atoms with E-state index in [1.807, 2.05) is 60.7 Å². The van der Waals surface area contributed by atoms with Crippen molar-refractivity contribution < 1.29 is 23.8 Å². The summed E-state index contributed by atoms with van der Waals surface area (Å²) in [6.45, 7) is 3.34. The van der Waals surface area contributed by atoms with Crippen LogP contribution in [0.3, 0.4) is 0 Å². The van der Waals surface area contributed by atoms with Crippen molar-refractivity contribution in [1.29, 1.82) is 0 Å². The highest BCUT2D eigenvalue weighted by atomic mass is 16.5. The van der Waals surface area contributed by atoms with E-state index in [9.17, 15) is 9.59 Å². The average molecular weight is 477 g/mol. The molecule has 0 heterocycles. The van der Waals surface area contributed by atoms with Gasteiger partial charge in [-0.3, -0.25) is 9.59 Å². The Hall–Kier alpha value is -3.84. The summed E-state index contributed by atoms with van der Waals surface area (Å²) >= 11 is 0. The lowest BCUT2D eigenvalue weighted by Crippen LogP contribution is -2.19. The SMILES string of the molecule is CCOC(=O)Cc1ccc(OC)c(-c2ccccc2CNCCC(=O)OCc2ccccc2)c1N. The first-order valence-electron chi connectivity index (χ1n) is 11.6. The number of methoxy groups -OCH3 is 1. The topological polar surface area (TPSA) is 99.9 Å². The van der Waals surface area contributed by atoms with Crippen LogP contribution in [-0.4, -0.2) is 32.2 Å². The van der Waals surface area contributed by atoms with E-state index in [4.69, 9.17) is 19.9 Å².